The van der Waals surface area contributed by atoms with E-state index in [4.69, 9.17) is 10.5 Å². The monoisotopic (exact) mass is 363 g/mol. The van der Waals surface area contributed by atoms with Gasteiger partial charge in [0.1, 0.15) is 12.6 Å². The number of hydrogen-bond acceptors (Lipinski definition) is 4. The van der Waals surface area contributed by atoms with Crippen molar-refractivity contribution in [1.29, 1.82) is 0 Å². The van der Waals surface area contributed by atoms with Gasteiger partial charge in [0.2, 0.25) is 11.8 Å². The van der Waals surface area contributed by atoms with Crippen LogP contribution in [0.2, 0.25) is 0 Å². The quantitative estimate of drug-likeness (QED) is 0.523. The number of amides is 3. The summed E-state index contributed by atoms with van der Waals surface area (Å²) in [6.07, 6.45) is 2.09. The van der Waals surface area contributed by atoms with E-state index in [1.54, 1.807) is 0 Å². The maximum Gasteiger partial charge on any atom is 0.407 e. The molecule has 0 aliphatic heterocycles. The number of nitrogens with one attached hydrogen (secondary N) is 2. The fourth-order valence-electron chi connectivity index (χ4n) is 2.36. The number of rotatable bonds is 11. The summed E-state index contributed by atoms with van der Waals surface area (Å²) in [4.78, 5) is 34.6. The normalized spacial score (nSPS) is 11.7. The van der Waals surface area contributed by atoms with Gasteiger partial charge in [0.15, 0.2) is 0 Å². The zero-order chi connectivity index (χ0) is 19.4. The maximum absolute atomic E-state index is 11.8. The number of benzene rings is 1. The highest BCUT2D eigenvalue weighted by Gasteiger charge is 2.21. The standard InChI is InChI=1S/C19H29N3O4/c1-14(2)17(18(20)24)22-16(23)11-7-4-8-12-21-19(25)26-13-15-9-5-3-6-10-15/h3,5-6,9-10,14,17H,4,7-8,11-13H2,1-2H3,(H2,20,24)(H,21,25)(H,22,23)/t17-/m1/s1. The lowest BCUT2D eigenvalue weighted by molar-refractivity contribution is -0.128. The second-order valence-corrected chi connectivity index (χ2v) is 6.49. The summed E-state index contributed by atoms with van der Waals surface area (Å²) in [6, 6.07) is 8.82. The largest absolute Gasteiger partial charge is 0.445 e. The van der Waals surface area contributed by atoms with Gasteiger partial charge in [0.05, 0.1) is 0 Å². The van der Waals surface area contributed by atoms with Crippen LogP contribution in [-0.2, 0) is 20.9 Å². The molecule has 0 aliphatic carbocycles. The molecule has 0 spiro atoms. The zero-order valence-electron chi connectivity index (χ0n) is 15.5. The summed E-state index contributed by atoms with van der Waals surface area (Å²) in [5.41, 5.74) is 6.20. The Morgan fingerprint density at radius 3 is 2.38 bits per heavy atom. The van der Waals surface area contributed by atoms with Crippen molar-refractivity contribution in [2.24, 2.45) is 11.7 Å². The molecule has 1 aromatic carbocycles. The highest BCUT2D eigenvalue weighted by molar-refractivity contribution is 5.86. The first-order valence-corrected chi connectivity index (χ1v) is 8.93. The Hall–Kier alpha value is -2.57. The first-order valence-electron chi connectivity index (χ1n) is 8.93. The topological polar surface area (TPSA) is 111 Å². The van der Waals surface area contributed by atoms with Gasteiger partial charge in [-0.05, 0) is 24.3 Å². The van der Waals surface area contributed by atoms with Crippen molar-refractivity contribution < 1.29 is 19.1 Å². The molecule has 26 heavy (non-hydrogen) atoms. The molecule has 144 valence electrons. The van der Waals surface area contributed by atoms with Gasteiger partial charge in [-0.15, -0.1) is 0 Å². The minimum Gasteiger partial charge on any atom is -0.445 e. The van der Waals surface area contributed by atoms with Crippen LogP contribution in [0, 0.1) is 5.92 Å². The Kier molecular flexibility index (Phi) is 9.82. The van der Waals surface area contributed by atoms with Crippen molar-refractivity contribution in [3.8, 4) is 0 Å². The van der Waals surface area contributed by atoms with Gasteiger partial charge in [-0.25, -0.2) is 4.79 Å². The van der Waals surface area contributed by atoms with Gasteiger partial charge in [-0.2, -0.15) is 0 Å². The Morgan fingerprint density at radius 1 is 1.08 bits per heavy atom. The van der Waals surface area contributed by atoms with E-state index in [1.165, 1.54) is 0 Å². The Labute approximate surface area is 154 Å². The molecule has 1 atom stereocenters. The van der Waals surface area contributed by atoms with Gasteiger partial charge in [-0.3, -0.25) is 9.59 Å². The number of primary amides is 1. The third-order valence-corrected chi connectivity index (χ3v) is 3.85. The Bertz CT molecular complexity index is 575. The third-order valence-electron chi connectivity index (χ3n) is 3.85. The van der Waals surface area contributed by atoms with E-state index in [0.29, 0.717) is 19.4 Å². The van der Waals surface area contributed by atoms with Gasteiger partial charge in [0.25, 0.3) is 0 Å². The van der Waals surface area contributed by atoms with Crippen LogP contribution < -0.4 is 16.4 Å². The minimum absolute atomic E-state index is 0.0393. The first-order chi connectivity index (χ1) is 12.4. The molecular formula is C19H29N3O4. The van der Waals surface area contributed by atoms with Gasteiger partial charge in [0, 0.05) is 13.0 Å². The maximum atomic E-state index is 11.8. The number of nitrogens with two attached hydrogens (primary N) is 1. The molecule has 0 radical (unpaired) electrons. The predicted molar refractivity (Wildman–Crippen MR) is 99.1 cm³/mol. The van der Waals surface area contributed by atoms with Crippen LogP contribution >= 0.6 is 0 Å². The molecule has 4 N–H and O–H groups in total. The molecule has 7 heteroatoms. The third kappa shape index (κ3) is 9.05. The average Bonchev–Trinajstić information content (AvgIpc) is 2.61. The van der Waals surface area contributed by atoms with E-state index in [1.807, 2.05) is 44.2 Å². The van der Waals surface area contributed by atoms with Crippen molar-refractivity contribution in [2.45, 2.75) is 52.2 Å². The highest BCUT2D eigenvalue weighted by atomic mass is 16.5. The summed E-state index contributed by atoms with van der Waals surface area (Å²) in [6.45, 7) is 4.39. The second kappa shape index (κ2) is 11.9. The molecule has 1 rings (SSSR count). The summed E-state index contributed by atoms with van der Waals surface area (Å²) < 4.78 is 5.10. The molecule has 0 unspecified atom stereocenters. The predicted octanol–water partition coefficient (Wildman–Crippen LogP) is 2.10. The number of ether oxygens (including phenoxy) is 1. The number of alkyl carbamates (subject to hydrolysis) is 1. The molecule has 7 nitrogen and oxygen atoms in total. The number of unbranched alkanes of at least 4 members (excludes halogenated alkanes) is 2. The van der Waals surface area contributed by atoms with Crippen LogP contribution in [0.25, 0.3) is 0 Å². The fourth-order valence-corrected chi connectivity index (χ4v) is 2.36. The second-order valence-electron chi connectivity index (χ2n) is 6.49. The van der Waals surface area contributed by atoms with Crippen molar-refractivity contribution in [3.05, 3.63) is 35.9 Å². The van der Waals surface area contributed by atoms with Crippen LogP contribution in [0.5, 0.6) is 0 Å². The zero-order valence-corrected chi connectivity index (χ0v) is 15.5. The van der Waals surface area contributed by atoms with Gasteiger partial charge in [-0.1, -0.05) is 50.6 Å². The van der Waals surface area contributed by atoms with Crippen molar-refractivity contribution in [3.63, 3.8) is 0 Å². The molecule has 0 fully saturated rings. The van der Waals surface area contributed by atoms with Crippen molar-refractivity contribution >= 4 is 17.9 Å². The van der Waals surface area contributed by atoms with Crippen LogP contribution in [-0.4, -0.2) is 30.5 Å². The lowest BCUT2D eigenvalue weighted by atomic mass is 10.0. The summed E-state index contributed by atoms with van der Waals surface area (Å²) in [7, 11) is 0. The summed E-state index contributed by atoms with van der Waals surface area (Å²) in [5.74, 6) is -0.744. The molecule has 0 aliphatic rings. The lowest BCUT2D eigenvalue weighted by Gasteiger charge is -2.18. The smallest absolute Gasteiger partial charge is 0.407 e. The average molecular weight is 363 g/mol. The summed E-state index contributed by atoms with van der Waals surface area (Å²) >= 11 is 0. The van der Waals surface area contributed by atoms with E-state index in [2.05, 4.69) is 10.6 Å². The molecule has 3 amide bonds. The Balaban J connectivity index is 2.07. The van der Waals surface area contributed by atoms with Gasteiger partial charge >= 0.3 is 6.09 Å². The molecule has 0 saturated heterocycles. The van der Waals surface area contributed by atoms with Crippen molar-refractivity contribution in [1.82, 2.24) is 10.6 Å². The number of carbonyl (C=O) groups excluding carboxylic acids is 3. The summed E-state index contributed by atoms with van der Waals surface area (Å²) in [5, 5.41) is 5.33. The van der Waals surface area contributed by atoms with E-state index < -0.39 is 18.0 Å². The molecule has 0 aromatic heterocycles. The fraction of sp³-hybridized carbons (Fsp3) is 0.526. The number of carbonyl (C=O) groups is 3. The van der Waals surface area contributed by atoms with E-state index in [9.17, 15) is 14.4 Å². The molecule has 0 heterocycles. The molecule has 1 aromatic rings. The van der Waals surface area contributed by atoms with Gasteiger partial charge < -0.3 is 21.1 Å². The molecule has 0 bridgehead atoms. The Morgan fingerprint density at radius 2 is 1.77 bits per heavy atom. The lowest BCUT2D eigenvalue weighted by Crippen LogP contribution is -2.47. The minimum atomic E-state index is -0.636. The van der Waals surface area contributed by atoms with Crippen LogP contribution in [0.3, 0.4) is 0 Å². The molecular weight excluding hydrogens is 334 g/mol. The van der Waals surface area contributed by atoms with Crippen LogP contribution in [0.15, 0.2) is 30.3 Å². The van der Waals surface area contributed by atoms with E-state index in [-0.39, 0.29) is 18.4 Å². The highest BCUT2D eigenvalue weighted by Crippen LogP contribution is 2.04. The van der Waals surface area contributed by atoms with Crippen molar-refractivity contribution in [2.75, 3.05) is 6.54 Å². The van der Waals surface area contributed by atoms with Crippen LogP contribution in [0.4, 0.5) is 4.79 Å². The molecule has 0 saturated carbocycles. The van der Waals surface area contributed by atoms with E-state index in [0.717, 1.165) is 18.4 Å². The van der Waals surface area contributed by atoms with E-state index >= 15 is 0 Å². The number of hydrogen-bond donors (Lipinski definition) is 3. The van der Waals surface area contributed by atoms with Crippen LogP contribution in [0.1, 0.15) is 45.1 Å². The first kappa shape index (κ1) is 21.5. The SMILES string of the molecule is CC(C)[C@@H](NC(=O)CCCCCNC(=O)OCc1ccccc1)C(N)=O.